The first-order valence-electron chi connectivity index (χ1n) is 13.8. The van der Waals surface area contributed by atoms with Gasteiger partial charge in [-0.1, -0.05) is 109 Å². The van der Waals surface area contributed by atoms with E-state index in [0.29, 0.717) is 0 Å². The van der Waals surface area contributed by atoms with Crippen LogP contribution in [0.1, 0.15) is 5.56 Å². The molecule has 0 aliphatic carbocycles. The molecule has 0 atom stereocenters. The lowest BCUT2D eigenvalue weighted by atomic mass is 9.94. The van der Waals surface area contributed by atoms with Gasteiger partial charge in [0.15, 0.2) is 0 Å². The van der Waals surface area contributed by atoms with Gasteiger partial charge in [-0.2, -0.15) is 0 Å². The maximum atomic E-state index is 3.97. The van der Waals surface area contributed by atoms with E-state index in [0.717, 1.165) is 0 Å². The van der Waals surface area contributed by atoms with Crippen molar-refractivity contribution in [2.75, 3.05) is 0 Å². The van der Waals surface area contributed by atoms with E-state index in [1.807, 2.05) is 0 Å². The number of aromatic nitrogens is 1. The minimum atomic E-state index is -1.63. The summed E-state index contributed by atoms with van der Waals surface area (Å²) in [6.07, 6.45) is 2.43. The van der Waals surface area contributed by atoms with Gasteiger partial charge in [0.25, 0.3) is 0 Å². The molecule has 0 unspecified atom stereocenters. The molecule has 1 N–H and O–H groups in total. The van der Waals surface area contributed by atoms with E-state index < -0.39 is 10.0 Å². The molecular weight excluding hydrogens is 502 g/mol. The average molecular weight is 528 g/mol. The van der Waals surface area contributed by atoms with Crippen LogP contribution in [0.15, 0.2) is 154 Å². The van der Waals surface area contributed by atoms with Crippen LogP contribution < -0.4 is 0 Å². The van der Waals surface area contributed by atoms with E-state index in [4.69, 9.17) is 0 Å². The minimum Gasteiger partial charge on any atom is -0.353 e. The monoisotopic (exact) mass is 527 g/mol. The molecule has 1 aliphatic rings. The molecule has 0 fully saturated rings. The fourth-order valence-electron chi connectivity index (χ4n) is 7.02. The van der Waals surface area contributed by atoms with Gasteiger partial charge in [0, 0.05) is 36.2 Å². The van der Waals surface area contributed by atoms with Gasteiger partial charge >= 0.3 is 0 Å². The second-order valence-electron chi connectivity index (χ2n) is 10.6. The molecule has 8 aromatic rings. The van der Waals surface area contributed by atoms with Crippen molar-refractivity contribution in [1.29, 1.82) is 0 Å². The summed E-state index contributed by atoms with van der Waals surface area (Å²) in [5.74, 6) is 0. The van der Waals surface area contributed by atoms with Gasteiger partial charge in [-0.05, 0) is 62.9 Å². The Kier molecular flexibility index (Phi) is 4.47. The van der Waals surface area contributed by atoms with Crippen molar-refractivity contribution >= 4 is 70.2 Å². The summed E-state index contributed by atoms with van der Waals surface area (Å²) < 4.78 is 0. The average Bonchev–Trinajstić information content (AvgIpc) is 3.64. The normalized spacial score (nSPS) is 14.9. The summed E-state index contributed by atoms with van der Waals surface area (Å²) in [6.45, 7) is 0. The predicted molar refractivity (Wildman–Crippen MR) is 173 cm³/mol. The molecule has 2 heterocycles. The Balaban J connectivity index is 1.57. The summed E-state index contributed by atoms with van der Waals surface area (Å²) in [5.41, 5.74) is 3.80. The van der Waals surface area contributed by atoms with E-state index in [2.05, 4.69) is 150 Å². The lowest BCUT2D eigenvalue weighted by Crippen LogP contribution is -2.00. The molecule has 188 valence electrons. The van der Waals surface area contributed by atoms with Crippen LogP contribution in [0.2, 0.25) is 0 Å². The lowest BCUT2D eigenvalue weighted by Gasteiger charge is -2.37. The number of H-pyrrole nitrogens is 1. The summed E-state index contributed by atoms with van der Waals surface area (Å²) in [4.78, 5) is 8.16. The van der Waals surface area contributed by atoms with E-state index >= 15 is 0 Å². The standard InChI is InChI=1S/C38H25NS/c1-3-13-25(14-4-1)40(26-15-5-2-6-16-26)24-23-33-35-34-29-19-9-7-17-27(29)28-18-8-10-20-30(28)36(34)39-37(35)31-21-11-12-22-32(31)38(33)40/h1-24,39H. The van der Waals surface area contributed by atoms with Crippen LogP contribution >= 0.6 is 10.0 Å². The largest absolute Gasteiger partial charge is 0.353 e. The molecule has 1 aromatic heterocycles. The van der Waals surface area contributed by atoms with Crippen molar-refractivity contribution in [2.24, 2.45) is 0 Å². The molecule has 0 saturated heterocycles. The van der Waals surface area contributed by atoms with Gasteiger partial charge in [-0.15, -0.1) is 10.0 Å². The number of nitrogens with one attached hydrogen (secondary N) is 1. The highest BCUT2D eigenvalue weighted by atomic mass is 32.3. The molecule has 0 saturated carbocycles. The van der Waals surface area contributed by atoms with Gasteiger partial charge in [0.05, 0.1) is 11.0 Å². The van der Waals surface area contributed by atoms with Crippen molar-refractivity contribution < 1.29 is 0 Å². The highest BCUT2D eigenvalue weighted by Crippen LogP contribution is 2.75. The number of benzene rings is 7. The van der Waals surface area contributed by atoms with Crippen LogP contribution in [0.5, 0.6) is 0 Å². The lowest BCUT2D eigenvalue weighted by molar-refractivity contribution is 1.33. The number of hydrogen-bond donors (Lipinski definition) is 1. The first-order chi connectivity index (χ1) is 19.9. The molecular formula is C38H25NS. The Bertz CT molecular complexity index is 2270. The SMILES string of the molecule is C1=CS(c2ccccc2)(c2ccccc2)c2c1c1c([nH]c3c4ccccc4c4ccccc4c31)c1ccccc21. The number of rotatable bonds is 2. The molecule has 0 amide bonds. The number of hydrogen-bond acceptors (Lipinski definition) is 0. The summed E-state index contributed by atoms with van der Waals surface area (Å²) in [5, 5.41) is 13.0. The Morgan fingerprint density at radius 1 is 0.400 bits per heavy atom. The van der Waals surface area contributed by atoms with Crippen molar-refractivity contribution in [3.63, 3.8) is 0 Å². The van der Waals surface area contributed by atoms with Crippen LogP contribution in [0.3, 0.4) is 0 Å². The zero-order chi connectivity index (χ0) is 26.3. The van der Waals surface area contributed by atoms with E-state index in [9.17, 15) is 0 Å². The van der Waals surface area contributed by atoms with Crippen molar-refractivity contribution in [1.82, 2.24) is 4.98 Å². The zero-order valence-corrected chi connectivity index (χ0v) is 22.6. The van der Waals surface area contributed by atoms with E-state index in [1.54, 1.807) is 0 Å². The first-order valence-corrected chi connectivity index (χ1v) is 15.5. The fourth-order valence-corrected chi connectivity index (χ4v) is 10.8. The maximum Gasteiger partial charge on any atom is 0.0551 e. The van der Waals surface area contributed by atoms with Crippen molar-refractivity contribution in [3.05, 3.63) is 144 Å². The van der Waals surface area contributed by atoms with Crippen LogP contribution in [0.25, 0.3) is 60.2 Å². The van der Waals surface area contributed by atoms with E-state index in [1.165, 1.54) is 74.4 Å². The fraction of sp³-hybridized carbons (Fsp3) is 0. The van der Waals surface area contributed by atoms with Crippen molar-refractivity contribution in [2.45, 2.75) is 14.7 Å². The van der Waals surface area contributed by atoms with E-state index in [-0.39, 0.29) is 0 Å². The van der Waals surface area contributed by atoms with Gasteiger partial charge in [0.2, 0.25) is 0 Å². The predicted octanol–water partition coefficient (Wildman–Crippen LogP) is 11.0. The molecule has 1 aliphatic heterocycles. The Morgan fingerprint density at radius 3 is 1.48 bits per heavy atom. The Labute approximate surface area is 233 Å². The molecule has 0 bridgehead atoms. The Morgan fingerprint density at radius 2 is 0.850 bits per heavy atom. The molecule has 9 rings (SSSR count). The van der Waals surface area contributed by atoms with Crippen LogP contribution in [-0.2, 0) is 0 Å². The molecule has 2 heteroatoms. The topological polar surface area (TPSA) is 15.8 Å². The van der Waals surface area contributed by atoms with Gasteiger partial charge in [0.1, 0.15) is 0 Å². The second kappa shape index (κ2) is 8.11. The summed E-state index contributed by atoms with van der Waals surface area (Å²) >= 11 is 0. The van der Waals surface area contributed by atoms with Gasteiger partial charge < -0.3 is 4.98 Å². The molecule has 7 aromatic carbocycles. The molecule has 40 heavy (non-hydrogen) atoms. The third-order valence-electron chi connectivity index (χ3n) is 8.63. The smallest absolute Gasteiger partial charge is 0.0551 e. The summed E-state index contributed by atoms with van der Waals surface area (Å²) in [6, 6.07) is 49.0. The third kappa shape index (κ3) is 2.74. The van der Waals surface area contributed by atoms with Gasteiger partial charge in [-0.25, -0.2) is 0 Å². The van der Waals surface area contributed by atoms with Gasteiger partial charge in [-0.3, -0.25) is 0 Å². The van der Waals surface area contributed by atoms with Crippen LogP contribution in [0.4, 0.5) is 0 Å². The molecule has 1 nitrogen and oxygen atoms in total. The number of aromatic amines is 1. The zero-order valence-electron chi connectivity index (χ0n) is 21.8. The number of fused-ring (bicyclic) bond motifs is 13. The minimum absolute atomic E-state index is 1.23. The summed E-state index contributed by atoms with van der Waals surface area (Å²) in [7, 11) is -1.63. The molecule has 0 spiro atoms. The van der Waals surface area contributed by atoms with Crippen LogP contribution in [-0.4, -0.2) is 4.98 Å². The first kappa shape index (κ1) is 22.1. The maximum absolute atomic E-state index is 3.97. The highest BCUT2D eigenvalue weighted by molar-refractivity contribution is 8.36. The second-order valence-corrected chi connectivity index (χ2v) is 13.5. The van der Waals surface area contributed by atoms with Crippen LogP contribution in [0, 0.1) is 0 Å². The third-order valence-corrected chi connectivity index (χ3v) is 12.3. The van der Waals surface area contributed by atoms with Crippen molar-refractivity contribution in [3.8, 4) is 0 Å². The quantitative estimate of drug-likeness (QED) is 0.215. The molecule has 0 radical (unpaired) electrons. The highest BCUT2D eigenvalue weighted by Gasteiger charge is 2.37. The Hall–Kier alpha value is -4.79.